The highest BCUT2D eigenvalue weighted by atomic mass is 32.1. The molecule has 1 N–H and O–H groups in total. The number of amides is 1. The van der Waals surface area contributed by atoms with E-state index >= 15 is 0 Å². The van der Waals surface area contributed by atoms with Gasteiger partial charge in [-0.15, -0.1) is 11.3 Å². The van der Waals surface area contributed by atoms with Crippen molar-refractivity contribution in [3.05, 3.63) is 40.5 Å². The molecule has 2 aliphatic rings. The summed E-state index contributed by atoms with van der Waals surface area (Å²) in [6.07, 6.45) is 5.65. The van der Waals surface area contributed by atoms with Crippen molar-refractivity contribution in [2.45, 2.75) is 31.8 Å². The molecule has 0 radical (unpaired) electrons. The minimum Gasteiger partial charge on any atom is -0.352 e. The Balaban J connectivity index is 1.45. The van der Waals surface area contributed by atoms with E-state index in [1.165, 1.54) is 0 Å². The molecule has 2 saturated heterocycles. The van der Waals surface area contributed by atoms with Crippen molar-refractivity contribution in [1.29, 1.82) is 0 Å². The first kappa shape index (κ1) is 14.9. The summed E-state index contributed by atoms with van der Waals surface area (Å²) in [4.78, 5) is 30.3. The highest BCUT2D eigenvalue weighted by molar-refractivity contribution is 7.12. The van der Waals surface area contributed by atoms with Gasteiger partial charge in [0.25, 0.3) is 5.91 Å². The van der Waals surface area contributed by atoms with E-state index < -0.39 is 0 Å². The molecule has 7 heteroatoms. The summed E-state index contributed by atoms with van der Waals surface area (Å²) in [6.45, 7) is 3.69. The number of aromatic amines is 1. The number of carbonyl (C=O) groups excluding carboxylic acids is 1. The molecular weight excluding hydrogens is 334 g/mol. The lowest BCUT2D eigenvalue weighted by Crippen LogP contribution is -2.56. The van der Waals surface area contributed by atoms with Crippen LogP contribution in [0.3, 0.4) is 0 Å². The van der Waals surface area contributed by atoms with Gasteiger partial charge in [0, 0.05) is 19.3 Å². The Labute approximate surface area is 149 Å². The van der Waals surface area contributed by atoms with Crippen molar-refractivity contribution in [2.24, 2.45) is 0 Å². The first-order valence-electron chi connectivity index (χ1n) is 8.62. The summed E-state index contributed by atoms with van der Waals surface area (Å²) in [5, 5.41) is 3.06. The zero-order valence-corrected chi connectivity index (χ0v) is 14.8. The maximum Gasteiger partial charge on any atom is 0.264 e. The molecule has 128 valence electrons. The van der Waals surface area contributed by atoms with Gasteiger partial charge in [-0.1, -0.05) is 0 Å². The molecule has 5 rings (SSSR count). The van der Waals surface area contributed by atoms with Crippen molar-refractivity contribution < 1.29 is 4.79 Å². The molecule has 6 nitrogen and oxygen atoms in total. The van der Waals surface area contributed by atoms with Crippen LogP contribution in [-0.4, -0.2) is 50.9 Å². The van der Waals surface area contributed by atoms with Crippen LogP contribution in [0.15, 0.2) is 30.0 Å². The van der Waals surface area contributed by atoms with Gasteiger partial charge in [-0.2, -0.15) is 0 Å². The number of fused-ring (bicyclic) bond motifs is 3. The number of nitrogens with one attached hydrogen (secondary N) is 1. The summed E-state index contributed by atoms with van der Waals surface area (Å²) >= 11 is 1.55. The molecule has 2 bridgehead atoms. The SMILES string of the molecule is Cc1ccsc1C(=O)N1C2CCC1CN(c1ncnc3[nH]ccc13)C2. The van der Waals surface area contributed by atoms with Crippen LogP contribution in [0, 0.1) is 6.92 Å². The zero-order valence-electron chi connectivity index (χ0n) is 14.0. The van der Waals surface area contributed by atoms with Crippen molar-refractivity contribution in [3.8, 4) is 0 Å². The molecule has 2 unspecified atom stereocenters. The maximum atomic E-state index is 13.0. The first-order valence-corrected chi connectivity index (χ1v) is 9.50. The van der Waals surface area contributed by atoms with Crippen LogP contribution in [0.5, 0.6) is 0 Å². The van der Waals surface area contributed by atoms with Crippen LogP contribution in [0.1, 0.15) is 28.1 Å². The monoisotopic (exact) mass is 353 g/mol. The van der Waals surface area contributed by atoms with Crippen LogP contribution >= 0.6 is 11.3 Å². The van der Waals surface area contributed by atoms with Crippen molar-refractivity contribution >= 4 is 34.1 Å². The van der Waals surface area contributed by atoms with Gasteiger partial charge in [0.1, 0.15) is 17.8 Å². The average Bonchev–Trinajstić information content (AvgIpc) is 3.32. The summed E-state index contributed by atoms with van der Waals surface area (Å²) in [6, 6.07) is 4.58. The largest absolute Gasteiger partial charge is 0.352 e. The standard InChI is InChI=1S/C18H19N5OS/c1-11-5-7-25-15(11)18(24)23-12-2-3-13(23)9-22(8-12)17-14-4-6-19-16(14)20-10-21-17/h4-7,10,12-13H,2-3,8-9H2,1H3,(H,19,20,21). The third-order valence-corrected chi connectivity index (χ3v) is 6.41. The third kappa shape index (κ3) is 2.26. The minimum absolute atomic E-state index is 0.203. The normalized spacial score (nSPS) is 22.8. The molecule has 5 heterocycles. The van der Waals surface area contributed by atoms with Gasteiger partial charge >= 0.3 is 0 Å². The molecular formula is C18H19N5OS. The highest BCUT2D eigenvalue weighted by Gasteiger charge is 2.43. The fourth-order valence-corrected chi connectivity index (χ4v) is 5.10. The maximum absolute atomic E-state index is 13.0. The molecule has 0 spiro atoms. The quantitative estimate of drug-likeness (QED) is 0.769. The van der Waals surface area contributed by atoms with Crippen LogP contribution in [0.2, 0.25) is 0 Å². The zero-order chi connectivity index (χ0) is 17.0. The Bertz CT molecular complexity index is 934. The molecule has 3 aromatic rings. The van der Waals surface area contributed by atoms with E-state index in [-0.39, 0.29) is 18.0 Å². The van der Waals surface area contributed by atoms with Crippen LogP contribution in [0.25, 0.3) is 11.0 Å². The van der Waals surface area contributed by atoms with Crippen molar-refractivity contribution in [2.75, 3.05) is 18.0 Å². The smallest absolute Gasteiger partial charge is 0.264 e. The van der Waals surface area contributed by atoms with E-state index in [1.807, 2.05) is 30.6 Å². The van der Waals surface area contributed by atoms with Crippen LogP contribution in [0.4, 0.5) is 5.82 Å². The van der Waals surface area contributed by atoms with E-state index in [2.05, 4.69) is 24.8 Å². The number of H-pyrrole nitrogens is 1. The number of hydrogen-bond acceptors (Lipinski definition) is 5. The predicted octanol–water partition coefficient (Wildman–Crippen LogP) is 2.82. The van der Waals surface area contributed by atoms with Gasteiger partial charge in [0.15, 0.2) is 0 Å². The second-order valence-electron chi connectivity index (χ2n) is 6.87. The minimum atomic E-state index is 0.203. The summed E-state index contributed by atoms with van der Waals surface area (Å²) in [7, 11) is 0. The van der Waals surface area contributed by atoms with E-state index in [1.54, 1.807) is 17.7 Å². The van der Waals surface area contributed by atoms with E-state index in [9.17, 15) is 4.79 Å². The summed E-state index contributed by atoms with van der Waals surface area (Å²) in [5.74, 6) is 1.18. The Hall–Kier alpha value is -2.41. The topological polar surface area (TPSA) is 65.1 Å². The molecule has 2 atom stereocenters. The number of carbonyl (C=O) groups is 1. The number of rotatable bonds is 2. The number of thiophene rings is 1. The first-order chi connectivity index (χ1) is 12.2. The van der Waals surface area contributed by atoms with Gasteiger partial charge in [0.2, 0.25) is 0 Å². The third-order valence-electron chi connectivity index (χ3n) is 5.41. The summed E-state index contributed by atoms with van der Waals surface area (Å²) < 4.78 is 0. The molecule has 3 aromatic heterocycles. The molecule has 0 aromatic carbocycles. The van der Waals surface area contributed by atoms with Gasteiger partial charge < -0.3 is 14.8 Å². The number of anilines is 1. The average molecular weight is 353 g/mol. The lowest BCUT2D eigenvalue weighted by atomic mass is 10.1. The molecule has 2 aliphatic heterocycles. The second-order valence-corrected chi connectivity index (χ2v) is 7.79. The van der Waals surface area contributed by atoms with E-state index in [0.29, 0.717) is 0 Å². The van der Waals surface area contributed by atoms with Gasteiger partial charge in [-0.05, 0) is 42.8 Å². The van der Waals surface area contributed by atoms with E-state index in [4.69, 9.17) is 0 Å². The highest BCUT2D eigenvalue weighted by Crippen LogP contribution is 2.35. The molecule has 25 heavy (non-hydrogen) atoms. The summed E-state index contributed by atoms with van der Waals surface area (Å²) in [5.41, 5.74) is 1.95. The van der Waals surface area contributed by atoms with Gasteiger partial charge in [-0.25, -0.2) is 9.97 Å². The lowest BCUT2D eigenvalue weighted by Gasteiger charge is -2.41. The fourth-order valence-electron chi connectivity index (χ4n) is 4.23. The van der Waals surface area contributed by atoms with Crippen LogP contribution < -0.4 is 4.90 Å². The molecule has 1 amide bonds. The van der Waals surface area contributed by atoms with E-state index in [0.717, 1.165) is 53.2 Å². The molecule has 0 saturated carbocycles. The van der Waals surface area contributed by atoms with Crippen molar-refractivity contribution in [1.82, 2.24) is 19.9 Å². The van der Waals surface area contributed by atoms with Crippen LogP contribution in [-0.2, 0) is 0 Å². The molecule has 2 fully saturated rings. The lowest BCUT2D eigenvalue weighted by molar-refractivity contribution is 0.0645. The van der Waals surface area contributed by atoms with Gasteiger partial charge in [-0.3, -0.25) is 4.79 Å². The fraction of sp³-hybridized carbons (Fsp3) is 0.389. The number of hydrogen-bond donors (Lipinski definition) is 1. The number of piperazine rings is 1. The Morgan fingerprint density at radius 2 is 2.04 bits per heavy atom. The second kappa shape index (κ2) is 5.56. The predicted molar refractivity (Wildman–Crippen MR) is 98.1 cm³/mol. The number of aromatic nitrogens is 3. The molecule has 0 aliphatic carbocycles. The number of nitrogens with zero attached hydrogens (tertiary/aromatic N) is 4. The Morgan fingerprint density at radius 1 is 1.24 bits per heavy atom. The van der Waals surface area contributed by atoms with Gasteiger partial charge in [0.05, 0.1) is 22.3 Å². The van der Waals surface area contributed by atoms with Crippen molar-refractivity contribution in [3.63, 3.8) is 0 Å². The number of aryl methyl sites for hydroxylation is 1. The Kier molecular flexibility index (Phi) is 3.31. The Morgan fingerprint density at radius 3 is 2.76 bits per heavy atom.